The molecular formula is C15H22Cl2N4S. The average molecular weight is 361 g/mol. The maximum atomic E-state index is 5.52. The van der Waals surface area contributed by atoms with E-state index in [1.165, 1.54) is 16.3 Å². The molecule has 0 bridgehead atoms. The number of nitrogens with one attached hydrogen (secondary N) is 1. The summed E-state index contributed by atoms with van der Waals surface area (Å²) in [5.41, 5.74) is 6.79. The van der Waals surface area contributed by atoms with Crippen molar-refractivity contribution in [2.24, 2.45) is 10.7 Å². The van der Waals surface area contributed by atoms with E-state index in [0.717, 1.165) is 43.8 Å². The van der Waals surface area contributed by atoms with Crippen molar-refractivity contribution in [3.63, 3.8) is 0 Å². The zero-order chi connectivity index (χ0) is 13.8. The van der Waals surface area contributed by atoms with Crippen LogP contribution in [0.15, 0.2) is 35.3 Å². The van der Waals surface area contributed by atoms with E-state index >= 15 is 0 Å². The fourth-order valence-corrected chi connectivity index (χ4v) is 3.58. The number of nitrogens with zero attached hydrogens (tertiary/aromatic N) is 2. The van der Waals surface area contributed by atoms with Gasteiger partial charge < -0.3 is 15.6 Å². The Morgan fingerprint density at radius 2 is 1.95 bits per heavy atom. The van der Waals surface area contributed by atoms with E-state index in [-0.39, 0.29) is 24.8 Å². The van der Waals surface area contributed by atoms with Crippen molar-refractivity contribution >= 4 is 42.0 Å². The lowest BCUT2D eigenvalue weighted by Gasteiger charge is -2.00. The van der Waals surface area contributed by atoms with Crippen molar-refractivity contribution in [3.05, 3.63) is 35.1 Å². The molecule has 0 unspecified atom stereocenters. The average Bonchev–Trinajstić information content (AvgIpc) is 3.07. The maximum Gasteiger partial charge on any atom is 0.187 e. The minimum Gasteiger partial charge on any atom is -0.368 e. The molecule has 2 heterocycles. The lowest BCUT2D eigenvalue weighted by Crippen LogP contribution is -2.13. The predicted molar refractivity (Wildman–Crippen MR) is 99.4 cm³/mol. The van der Waals surface area contributed by atoms with E-state index in [9.17, 15) is 0 Å². The van der Waals surface area contributed by atoms with Crippen LogP contribution < -0.4 is 15.9 Å². The number of hydrogen-bond acceptors (Lipinski definition) is 4. The highest BCUT2D eigenvalue weighted by Crippen LogP contribution is 2.32. The molecule has 1 aromatic heterocycles. The first-order valence-corrected chi connectivity index (χ1v) is 7.95. The van der Waals surface area contributed by atoms with Crippen LogP contribution in [0.1, 0.15) is 12.8 Å². The van der Waals surface area contributed by atoms with Crippen LogP contribution in [0, 0.1) is 0 Å². The molecule has 122 valence electrons. The summed E-state index contributed by atoms with van der Waals surface area (Å²) in [6.45, 7) is 3.62. The summed E-state index contributed by atoms with van der Waals surface area (Å²) in [4.78, 5) is 7.17. The molecule has 0 amide bonds. The second-order valence-corrected chi connectivity index (χ2v) is 5.86. The van der Waals surface area contributed by atoms with Gasteiger partial charge >= 0.3 is 0 Å². The van der Waals surface area contributed by atoms with Gasteiger partial charge in [-0.3, -0.25) is 4.99 Å². The molecule has 1 aliphatic heterocycles. The van der Waals surface area contributed by atoms with Gasteiger partial charge in [0, 0.05) is 19.6 Å². The van der Waals surface area contributed by atoms with E-state index < -0.39 is 0 Å². The van der Waals surface area contributed by atoms with Gasteiger partial charge in [0.15, 0.2) is 4.80 Å². The van der Waals surface area contributed by atoms with E-state index in [1.54, 1.807) is 11.3 Å². The van der Waals surface area contributed by atoms with Gasteiger partial charge in [-0.1, -0.05) is 41.7 Å². The Bertz CT molecular complexity index is 637. The molecule has 0 spiro atoms. The number of benzene rings is 1. The zero-order valence-corrected chi connectivity index (χ0v) is 14.8. The molecule has 22 heavy (non-hydrogen) atoms. The standard InChI is InChI=1S/C15H20N4S.2ClH/c16-8-4-5-9-18-15-19-11-10-17-14(19)13(20-15)12-6-2-1-3-7-12;;/h1-3,6-7,17H,4-5,8-11,16H2;2*1H. The number of thiazole rings is 1. The quantitative estimate of drug-likeness (QED) is 0.804. The number of nitrogens with two attached hydrogens (primary N) is 1. The smallest absolute Gasteiger partial charge is 0.187 e. The SMILES string of the molecule is Cl.Cl.NCCCCN=c1sc(-c2ccccc2)c2n1CCN2. The highest BCUT2D eigenvalue weighted by atomic mass is 35.5. The number of aromatic nitrogens is 1. The largest absolute Gasteiger partial charge is 0.368 e. The van der Waals surface area contributed by atoms with Crippen LogP contribution >= 0.6 is 36.2 Å². The summed E-state index contributed by atoms with van der Waals surface area (Å²) in [5, 5.41) is 3.48. The number of unbranched alkanes of at least 4 members (excludes halogenated alkanes) is 1. The minimum atomic E-state index is 0. The predicted octanol–water partition coefficient (Wildman–Crippen LogP) is 3.13. The van der Waals surface area contributed by atoms with Crippen molar-refractivity contribution in [2.45, 2.75) is 19.4 Å². The third-order valence-electron chi connectivity index (χ3n) is 3.43. The highest BCUT2D eigenvalue weighted by molar-refractivity contribution is 7.13. The summed E-state index contributed by atoms with van der Waals surface area (Å²) >= 11 is 1.78. The molecule has 1 aliphatic rings. The van der Waals surface area contributed by atoms with Crippen LogP contribution in [-0.4, -0.2) is 24.2 Å². The normalized spacial score (nSPS) is 13.0. The van der Waals surface area contributed by atoms with E-state index in [0.29, 0.717) is 0 Å². The van der Waals surface area contributed by atoms with Gasteiger partial charge in [0.25, 0.3) is 0 Å². The van der Waals surface area contributed by atoms with Crippen LogP contribution in [0.3, 0.4) is 0 Å². The lowest BCUT2D eigenvalue weighted by atomic mass is 10.2. The maximum absolute atomic E-state index is 5.52. The second-order valence-electron chi connectivity index (χ2n) is 4.88. The Morgan fingerprint density at radius 1 is 1.18 bits per heavy atom. The van der Waals surface area contributed by atoms with E-state index in [4.69, 9.17) is 10.7 Å². The second kappa shape index (κ2) is 9.20. The number of fused-ring (bicyclic) bond motifs is 1. The van der Waals surface area contributed by atoms with Crippen LogP contribution in [0.5, 0.6) is 0 Å². The summed E-state index contributed by atoms with van der Waals surface area (Å²) in [6, 6.07) is 10.5. The number of anilines is 1. The van der Waals surface area contributed by atoms with Gasteiger partial charge in [-0.15, -0.1) is 24.8 Å². The van der Waals surface area contributed by atoms with Gasteiger partial charge in [0.1, 0.15) is 5.82 Å². The van der Waals surface area contributed by atoms with Crippen molar-refractivity contribution < 1.29 is 0 Å². The molecule has 4 nitrogen and oxygen atoms in total. The number of halogens is 2. The fraction of sp³-hybridized carbons (Fsp3) is 0.400. The van der Waals surface area contributed by atoms with Crippen molar-refractivity contribution in [1.29, 1.82) is 0 Å². The molecule has 0 saturated carbocycles. The Balaban J connectivity index is 0.00000121. The number of rotatable bonds is 5. The van der Waals surface area contributed by atoms with Crippen molar-refractivity contribution in [1.82, 2.24) is 4.57 Å². The first kappa shape index (κ1) is 19.0. The molecule has 0 saturated heterocycles. The highest BCUT2D eigenvalue weighted by Gasteiger charge is 2.18. The molecule has 3 rings (SSSR count). The summed E-state index contributed by atoms with van der Waals surface area (Å²) < 4.78 is 2.30. The molecule has 3 N–H and O–H groups in total. The molecule has 2 aromatic rings. The molecular weight excluding hydrogens is 339 g/mol. The summed E-state index contributed by atoms with van der Waals surface area (Å²) in [7, 11) is 0. The molecule has 1 aromatic carbocycles. The Hall–Kier alpha value is -1.01. The van der Waals surface area contributed by atoms with Crippen LogP contribution in [0.2, 0.25) is 0 Å². The first-order chi connectivity index (χ1) is 9.90. The van der Waals surface area contributed by atoms with Crippen molar-refractivity contribution in [3.8, 4) is 10.4 Å². The van der Waals surface area contributed by atoms with Gasteiger partial charge in [-0.05, 0) is 24.9 Å². The fourth-order valence-electron chi connectivity index (χ4n) is 2.42. The van der Waals surface area contributed by atoms with Crippen LogP contribution in [-0.2, 0) is 6.54 Å². The zero-order valence-electron chi connectivity index (χ0n) is 12.3. The van der Waals surface area contributed by atoms with Gasteiger partial charge in [0.05, 0.1) is 4.88 Å². The molecule has 0 atom stereocenters. The molecule has 0 fully saturated rings. The monoisotopic (exact) mass is 360 g/mol. The third-order valence-corrected chi connectivity index (χ3v) is 4.60. The van der Waals surface area contributed by atoms with Crippen LogP contribution in [0.4, 0.5) is 5.82 Å². The Morgan fingerprint density at radius 3 is 2.68 bits per heavy atom. The number of hydrogen-bond donors (Lipinski definition) is 2. The van der Waals surface area contributed by atoms with Crippen LogP contribution in [0.25, 0.3) is 10.4 Å². The van der Waals surface area contributed by atoms with Gasteiger partial charge in [0.2, 0.25) is 0 Å². The Kier molecular flexibility index (Phi) is 7.96. The topological polar surface area (TPSA) is 55.3 Å². The Labute approximate surface area is 147 Å². The minimum absolute atomic E-state index is 0. The van der Waals surface area contributed by atoms with Gasteiger partial charge in [-0.2, -0.15) is 0 Å². The summed E-state index contributed by atoms with van der Waals surface area (Å²) in [6.07, 6.45) is 2.11. The lowest BCUT2D eigenvalue weighted by molar-refractivity contribution is 0.719. The van der Waals surface area contributed by atoms with E-state index in [2.05, 4.69) is 40.2 Å². The third kappa shape index (κ3) is 4.04. The summed E-state index contributed by atoms with van der Waals surface area (Å²) in [5.74, 6) is 1.22. The molecule has 7 heteroatoms. The van der Waals surface area contributed by atoms with E-state index in [1.807, 2.05) is 0 Å². The van der Waals surface area contributed by atoms with Crippen molar-refractivity contribution in [2.75, 3.05) is 25.0 Å². The first-order valence-electron chi connectivity index (χ1n) is 7.13. The van der Waals surface area contributed by atoms with Gasteiger partial charge in [-0.25, -0.2) is 0 Å². The molecule has 0 aliphatic carbocycles. The molecule has 0 radical (unpaired) electrons.